The maximum atomic E-state index is 14.3. The van der Waals surface area contributed by atoms with Gasteiger partial charge in [0.2, 0.25) is 0 Å². The molecule has 2 aromatic carbocycles. The summed E-state index contributed by atoms with van der Waals surface area (Å²) in [6.07, 6.45) is 14.9. The topological polar surface area (TPSA) is 215 Å². The molecular weight excluding hydrogens is 1500 g/mol. The maximum Gasteiger partial charge on any atom is 0.306 e. The van der Waals surface area contributed by atoms with Crippen LogP contribution in [-0.4, -0.2) is 167 Å². The zero-order valence-electron chi connectivity index (χ0n) is 75.4. The highest BCUT2D eigenvalue weighted by molar-refractivity contribution is 6.30. The Morgan fingerprint density at radius 1 is 0.448 bits per heavy atom. The van der Waals surface area contributed by atoms with Gasteiger partial charge in [0, 0.05) is 96.9 Å². The van der Waals surface area contributed by atoms with Crippen LogP contribution in [0.5, 0.6) is 0 Å². The number of carboxylic acids is 2. The molecule has 0 bridgehead atoms. The van der Waals surface area contributed by atoms with Crippen LogP contribution in [0.15, 0.2) is 70.8 Å². The van der Waals surface area contributed by atoms with Crippen LogP contribution >= 0.6 is 23.2 Å². The number of likely N-dealkylation sites (N-methyl/N-ethyl adjacent to an activating group) is 2. The van der Waals surface area contributed by atoms with Gasteiger partial charge in [-0.05, 0) is 268 Å². The van der Waals surface area contributed by atoms with Crippen molar-refractivity contribution >= 4 is 58.6 Å². The summed E-state index contributed by atoms with van der Waals surface area (Å²) in [6.45, 7) is 46.4. The van der Waals surface area contributed by atoms with Crippen molar-refractivity contribution in [2.75, 3.05) is 67.5 Å². The number of ether oxygens (including phenoxy) is 2. The summed E-state index contributed by atoms with van der Waals surface area (Å²) in [7, 11) is 8.35. The number of Topliss-reactive ketones (excluding diaryl/α,β-unsaturated/α-hetero) is 2. The fraction of sp³-hybridized carbons (Fsp3) is 0.776. The molecule has 10 aliphatic carbocycles. The van der Waals surface area contributed by atoms with Gasteiger partial charge in [0.05, 0.1) is 37.9 Å². The van der Waals surface area contributed by atoms with Gasteiger partial charge >= 0.3 is 23.9 Å². The Hall–Kier alpha value is -4.52. The summed E-state index contributed by atoms with van der Waals surface area (Å²) in [5.41, 5.74) is 4.26. The molecule has 8 saturated carbocycles. The average molecular weight is 1650 g/mol. The number of aliphatic carboxylic acids is 2. The second kappa shape index (κ2) is 34.0. The van der Waals surface area contributed by atoms with Crippen molar-refractivity contribution in [1.29, 1.82) is 0 Å². The van der Waals surface area contributed by atoms with Crippen molar-refractivity contribution in [1.82, 2.24) is 19.6 Å². The van der Waals surface area contributed by atoms with Gasteiger partial charge in [-0.1, -0.05) is 183 Å². The smallest absolute Gasteiger partial charge is 0.306 e. The Morgan fingerprint density at radius 2 is 0.784 bits per heavy atom. The van der Waals surface area contributed by atoms with Crippen LogP contribution < -0.4 is 0 Å². The highest BCUT2D eigenvalue weighted by Crippen LogP contribution is 2.80. The molecule has 0 aromatic heterocycles. The summed E-state index contributed by atoms with van der Waals surface area (Å²) in [4.78, 5) is 87.3. The quantitative estimate of drug-likeness (QED) is 0.0583. The number of ketones is 2. The third-order valence-electron chi connectivity index (χ3n) is 34.4. The lowest BCUT2D eigenvalue weighted by molar-refractivity contribution is -0.235. The van der Waals surface area contributed by atoms with E-state index in [-0.39, 0.29) is 128 Å². The predicted octanol–water partition coefficient (Wildman–Crippen LogP) is 19.7. The molecular formula is C98H150Cl2N4O12. The van der Waals surface area contributed by atoms with E-state index in [1.807, 2.05) is 52.0 Å². The third-order valence-corrected chi connectivity index (χ3v) is 34.9. The minimum absolute atomic E-state index is 0.0235. The zero-order chi connectivity index (χ0) is 85.6. The minimum Gasteiger partial charge on any atom is -0.481 e. The van der Waals surface area contributed by atoms with Crippen molar-refractivity contribution < 1.29 is 58.7 Å². The molecule has 16 nitrogen and oxygen atoms in total. The molecule has 0 spiro atoms. The second-order valence-corrected chi connectivity index (χ2v) is 45.4. The van der Waals surface area contributed by atoms with E-state index >= 15 is 0 Å². The lowest BCUT2D eigenvalue weighted by atomic mass is 9.33. The number of fused-ring (bicyclic) bond motifs is 14. The number of allylic oxidation sites excluding steroid dienone is 2. The average Bonchev–Trinajstić information content (AvgIpc) is 1.18. The Kier molecular flexibility index (Phi) is 27.0. The minimum atomic E-state index is -0.899. The SMILES string of the molecule is CC(C)C1=C2[C@H]3CC[C@@H]4[C@@]5(C)CC[C@H](OC(=O)CC(C)(C)CC(=O)O)C(C)(C)[C@@H]5CC[C@@]4(C)[C@]3(C)CC[C@@]2([C@@H](O)CN(CCN(C)C)Cc2ccc(Cl)cc2)CC1=O.CC(C)C1=C2[C@H]3CC[C@@H]4[C@@]5(C)CC[C@H](OC(=O)CC(C)(C)CC(=O)O)C(C)(C)[C@@H]5CC[C@@]4(C)[C@]3(C)CC[C@@]2([C@H](O)CN(CCN(C)C)Cc2ccc(Cl)cc2)CC1=O. The Labute approximate surface area is 707 Å². The van der Waals surface area contributed by atoms with Crippen LogP contribution in [0.2, 0.25) is 10.0 Å². The van der Waals surface area contributed by atoms with Crippen LogP contribution in [0, 0.1) is 112 Å². The first-order valence-corrected chi connectivity index (χ1v) is 45.5. The van der Waals surface area contributed by atoms with Gasteiger partial charge < -0.3 is 39.7 Å². The van der Waals surface area contributed by atoms with E-state index in [0.717, 1.165) is 151 Å². The van der Waals surface area contributed by atoms with Crippen molar-refractivity contribution in [2.24, 2.45) is 112 Å². The largest absolute Gasteiger partial charge is 0.481 e. The molecule has 12 rings (SSSR count). The molecule has 0 amide bonds. The van der Waals surface area contributed by atoms with E-state index in [0.29, 0.717) is 72.7 Å². The van der Waals surface area contributed by atoms with E-state index in [9.17, 15) is 49.2 Å². The monoisotopic (exact) mass is 1650 g/mol. The van der Waals surface area contributed by atoms with E-state index < -0.39 is 45.8 Å². The first kappa shape index (κ1) is 92.2. The molecule has 648 valence electrons. The number of hydrogen-bond acceptors (Lipinski definition) is 14. The van der Waals surface area contributed by atoms with Crippen molar-refractivity contribution in [3.63, 3.8) is 0 Å². The van der Waals surface area contributed by atoms with Crippen molar-refractivity contribution in [2.45, 2.75) is 303 Å². The number of rotatable bonds is 28. The normalized spacial score (nSPS) is 35.1. The van der Waals surface area contributed by atoms with E-state index in [1.54, 1.807) is 0 Å². The number of carbonyl (C=O) groups is 6. The summed E-state index contributed by atoms with van der Waals surface area (Å²) in [6, 6.07) is 16.0. The summed E-state index contributed by atoms with van der Waals surface area (Å²) < 4.78 is 12.6. The lowest BCUT2D eigenvalue weighted by Gasteiger charge is -2.72. The highest BCUT2D eigenvalue weighted by Gasteiger charge is 2.74. The molecule has 8 fully saturated rings. The van der Waals surface area contributed by atoms with Gasteiger partial charge in [-0.3, -0.25) is 38.6 Å². The van der Waals surface area contributed by atoms with Crippen molar-refractivity contribution in [3.8, 4) is 0 Å². The number of aliphatic hydroxyl groups is 2. The van der Waals surface area contributed by atoms with Gasteiger partial charge in [-0.2, -0.15) is 0 Å². The maximum absolute atomic E-state index is 14.3. The summed E-state index contributed by atoms with van der Waals surface area (Å²) in [5, 5.41) is 45.6. The molecule has 18 heteroatoms. The first-order valence-electron chi connectivity index (χ1n) is 44.8. The number of halogens is 2. The van der Waals surface area contributed by atoms with Gasteiger partial charge in [-0.15, -0.1) is 0 Å². The Morgan fingerprint density at radius 3 is 1.09 bits per heavy atom. The number of esters is 2. The van der Waals surface area contributed by atoms with E-state index in [2.05, 4.69) is 169 Å². The molecule has 0 saturated heterocycles. The molecule has 2 aromatic rings. The fourth-order valence-electron chi connectivity index (χ4n) is 28.4. The van der Waals surface area contributed by atoms with Crippen LogP contribution in [0.25, 0.3) is 0 Å². The Bertz CT molecular complexity index is 3760. The molecule has 4 N–H and O–H groups in total. The number of aliphatic hydroxyl groups excluding tert-OH is 2. The number of benzene rings is 2. The van der Waals surface area contributed by atoms with Crippen LogP contribution in [0.4, 0.5) is 0 Å². The summed E-state index contributed by atoms with van der Waals surface area (Å²) in [5.74, 6) is 0.544. The van der Waals surface area contributed by atoms with Gasteiger partial charge in [0.1, 0.15) is 12.2 Å². The summed E-state index contributed by atoms with van der Waals surface area (Å²) >= 11 is 12.5. The number of carbonyl (C=O) groups excluding carboxylic acids is 4. The number of carboxylic acid groups (broad SMARTS) is 2. The molecule has 0 aliphatic heterocycles. The molecule has 10 aliphatic rings. The van der Waals surface area contributed by atoms with Gasteiger partial charge in [0.25, 0.3) is 0 Å². The first-order chi connectivity index (χ1) is 53.8. The lowest BCUT2D eigenvalue weighted by Crippen LogP contribution is -2.66. The molecule has 0 heterocycles. The van der Waals surface area contributed by atoms with E-state index in [4.69, 9.17) is 32.7 Å². The molecule has 0 unspecified atom stereocenters. The number of nitrogens with zero attached hydrogens (tertiary/aromatic N) is 4. The van der Waals surface area contributed by atoms with Crippen molar-refractivity contribution in [3.05, 3.63) is 92.0 Å². The fourth-order valence-corrected chi connectivity index (χ4v) is 28.6. The zero-order valence-corrected chi connectivity index (χ0v) is 76.9. The van der Waals surface area contributed by atoms with Crippen LogP contribution in [0.3, 0.4) is 0 Å². The third kappa shape index (κ3) is 17.2. The standard InChI is InChI=1S/2C49H75ClN2O6/c2*1-31(2)42-35(53)26-49(38(54)30-52(25-24-51(10)11)29-32-12-14-33(50)15-13-32)23-22-47(8)34(43(42)49)16-17-37-46(7)20-19-39(45(5,6)36(46)18-21-48(37,47)9)58-41(57)28-44(3,4)27-40(55)56/h2*12-15,31,34,36-39,54H,16-30H2,1-11H3,(H,55,56)/t34-,36+,37-,38+,39+,46+,47-,48-,49+;34-,36+,37-,38-,39+,46+,47-,48-,49+/m11/s1. The highest BCUT2D eigenvalue weighted by atomic mass is 35.5. The van der Waals surface area contributed by atoms with E-state index in [1.165, 1.54) is 11.1 Å². The molecule has 116 heavy (non-hydrogen) atoms. The van der Waals surface area contributed by atoms with Gasteiger partial charge in [0.15, 0.2) is 11.6 Å². The molecule has 18 atom stereocenters. The Balaban J connectivity index is 0.000000228. The number of hydrogen-bond donors (Lipinski definition) is 4. The predicted molar refractivity (Wildman–Crippen MR) is 462 cm³/mol. The van der Waals surface area contributed by atoms with Gasteiger partial charge in [-0.25, -0.2) is 0 Å². The second-order valence-electron chi connectivity index (χ2n) is 44.6. The van der Waals surface area contributed by atoms with Crippen LogP contribution in [-0.2, 0) is 51.3 Å². The molecule has 0 radical (unpaired) electrons. The van der Waals surface area contributed by atoms with Crippen LogP contribution in [0.1, 0.15) is 277 Å².